The molecule has 0 aliphatic rings. The summed E-state index contributed by atoms with van der Waals surface area (Å²) in [6.07, 6.45) is 0. The number of phosphoric ester groups is 1. The second kappa shape index (κ2) is 6.17. The Labute approximate surface area is 101 Å². The largest absolute Gasteiger partial charge is 0.527 e. The van der Waals surface area contributed by atoms with Crippen LogP contribution in [0.3, 0.4) is 0 Å². The summed E-state index contributed by atoms with van der Waals surface area (Å²) >= 11 is 0. The summed E-state index contributed by atoms with van der Waals surface area (Å²) in [6.45, 7) is 4.10. The van der Waals surface area contributed by atoms with Crippen LogP contribution in [-0.2, 0) is 9.09 Å². The first-order valence-corrected chi connectivity index (χ1v) is 6.91. The molecule has 0 spiro atoms. The van der Waals surface area contributed by atoms with Gasteiger partial charge in [-0.1, -0.05) is 32.0 Å². The highest BCUT2D eigenvalue weighted by Gasteiger charge is 2.24. The first kappa shape index (κ1) is 14.2. The maximum absolute atomic E-state index is 11.6. The topological polar surface area (TPSA) is 81.8 Å². The van der Waals surface area contributed by atoms with E-state index in [0.29, 0.717) is 5.75 Å². The van der Waals surface area contributed by atoms with Crippen molar-refractivity contribution in [1.82, 2.24) is 0 Å². The molecule has 5 nitrogen and oxygen atoms in total. The molecule has 0 aliphatic heterocycles. The van der Waals surface area contributed by atoms with Gasteiger partial charge in [0.2, 0.25) is 0 Å². The first-order valence-electron chi connectivity index (χ1n) is 5.42. The van der Waals surface area contributed by atoms with Crippen molar-refractivity contribution in [3.63, 3.8) is 0 Å². The molecule has 1 aromatic carbocycles. The van der Waals surface area contributed by atoms with E-state index in [1.54, 1.807) is 12.1 Å². The predicted molar refractivity (Wildman–Crippen MR) is 66.0 cm³/mol. The predicted octanol–water partition coefficient (Wildman–Crippen LogP) is 2.26. The Morgan fingerprint density at radius 1 is 1.41 bits per heavy atom. The minimum Gasteiger partial charge on any atom is -0.404 e. The molecular weight excluding hydrogens is 241 g/mol. The molecule has 0 fully saturated rings. The third-order valence-corrected chi connectivity index (χ3v) is 3.06. The zero-order valence-corrected chi connectivity index (χ0v) is 10.9. The lowest BCUT2D eigenvalue weighted by Gasteiger charge is -2.16. The monoisotopic (exact) mass is 259 g/mol. The first-order chi connectivity index (χ1) is 7.96. The molecule has 1 aromatic rings. The summed E-state index contributed by atoms with van der Waals surface area (Å²) in [5.41, 5.74) is 6.05. The fourth-order valence-corrected chi connectivity index (χ4v) is 2.16. The molecule has 6 heteroatoms. The van der Waals surface area contributed by atoms with Crippen LogP contribution in [0.4, 0.5) is 0 Å². The standard InChI is InChI=1S/C11H18NO4P/c1-9(2)10-5-3-4-6-11(10)16-17(13,14)15-8-7-12/h3-6,9H,7-8,12H2,1-2H3,(H,13,14). The number of para-hydroxylation sites is 1. The van der Waals surface area contributed by atoms with Crippen molar-refractivity contribution in [3.8, 4) is 5.75 Å². The normalized spacial score (nSPS) is 14.6. The highest BCUT2D eigenvalue weighted by molar-refractivity contribution is 7.47. The van der Waals surface area contributed by atoms with E-state index >= 15 is 0 Å². The molecule has 3 N–H and O–H groups in total. The summed E-state index contributed by atoms with van der Waals surface area (Å²) in [4.78, 5) is 9.46. The molecule has 0 bridgehead atoms. The van der Waals surface area contributed by atoms with Crippen LogP contribution in [-0.4, -0.2) is 18.0 Å². The highest BCUT2D eigenvalue weighted by atomic mass is 31.2. The van der Waals surface area contributed by atoms with Crippen molar-refractivity contribution < 1.29 is 18.5 Å². The molecule has 1 atom stereocenters. The molecule has 0 amide bonds. The Morgan fingerprint density at radius 3 is 2.65 bits per heavy atom. The minimum absolute atomic E-state index is 0.0162. The molecule has 17 heavy (non-hydrogen) atoms. The Balaban J connectivity index is 2.84. The van der Waals surface area contributed by atoms with Gasteiger partial charge in [-0.2, -0.15) is 0 Å². The van der Waals surface area contributed by atoms with Gasteiger partial charge in [-0.15, -0.1) is 0 Å². The molecule has 0 saturated heterocycles. The SMILES string of the molecule is CC(C)c1ccccc1OP(=O)(O)OCCN. The second-order valence-electron chi connectivity index (χ2n) is 3.87. The summed E-state index contributed by atoms with van der Waals surface area (Å²) in [7, 11) is -4.08. The number of phosphoric acid groups is 1. The average molecular weight is 259 g/mol. The van der Waals surface area contributed by atoms with E-state index in [9.17, 15) is 9.46 Å². The van der Waals surface area contributed by atoms with E-state index < -0.39 is 7.82 Å². The van der Waals surface area contributed by atoms with Gasteiger partial charge in [0.1, 0.15) is 5.75 Å². The maximum Gasteiger partial charge on any atom is 0.527 e. The molecule has 1 unspecified atom stereocenters. The Morgan fingerprint density at radius 2 is 2.06 bits per heavy atom. The summed E-state index contributed by atoms with van der Waals surface area (Å²) in [5.74, 6) is 0.561. The molecule has 96 valence electrons. The van der Waals surface area contributed by atoms with Gasteiger partial charge in [0.15, 0.2) is 0 Å². The third kappa shape index (κ3) is 4.48. The smallest absolute Gasteiger partial charge is 0.404 e. The minimum atomic E-state index is -4.08. The maximum atomic E-state index is 11.6. The van der Waals surface area contributed by atoms with E-state index in [0.717, 1.165) is 5.56 Å². The second-order valence-corrected chi connectivity index (χ2v) is 5.25. The summed E-state index contributed by atoms with van der Waals surface area (Å²) in [5, 5.41) is 0. The molecule has 0 aliphatic carbocycles. The van der Waals surface area contributed by atoms with Gasteiger partial charge in [0, 0.05) is 6.54 Å². The van der Waals surface area contributed by atoms with E-state index in [2.05, 4.69) is 4.52 Å². The van der Waals surface area contributed by atoms with Crippen molar-refractivity contribution in [1.29, 1.82) is 0 Å². The van der Waals surface area contributed by atoms with E-state index in [4.69, 9.17) is 10.3 Å². The lowest BCUT2D eigenvalue weighted by atomic mass is 10.0. The zero-order valence-electron chi connectivity index (χ0n) is 10.00. The van der Waals surface area contributed by atoms with E-state index in [-0.39, 0.29) is 19.1 Å². The number of rotatable bonds is 6. The van der Waals surface area contributed by atoms with Crippen LogP contribution in [0.5, 0.6) is 5.75 Å². The zero-order chi connectivity index (χ0) is 12.9. The van der Waals surface area contributed by atoms with Crippen LogP contribution in [0.25, 0.3) is 0 Å². The molecule has 0 aromatic heterocycles. The Hall–Kier alpha value is -0.870. The van der Waals surface area contributed by atoms with Crippen molar-refractivity contribution in [2.24, 2.45) is 5.73 Å². The van der Waals surface area contributed by atoms with E-state index in [1.165, 1.54) is 0 Å². The molecule has 0 heterocycles. The molecule has 1 rings (SSSR count). The fourth-order valence-electron chi connectivity index (χ4n) is 1.36. The van der Waals surface area contributed by atoms with Crippen molar-refractivity contribution in [2.45, 2.75) is 19.8 Å². The highest BCUT2D eigenvalue weighted by Crippen LogP contribution is 2.45. The Bertz CT molecular complexity index is 408. The Kier molecular flexibility index (Phi) is 5.15. The van der Waals surface area contributed by atoms with Crippen LogP contribution >= 0.6 is 7.82 Å². The van der Waals surface area contributed by atoms with Gasteiger partial charge in [-0.25, -0.2) is 4.57 Å². The van der Waals surface area contributed by atoms with Gasteiger partial charge in [0.25, 0.3) is 0 Å². The molecular formula is C11H18NO4P. The van der Waals surface area contributed by atoms with Gasteiger partial charge < -0.3 is 10.3 Å². The fraction of sp³-hybridized carbons (Fsp3) is 0.455. The van der Waals surface area contributed by atoms with Crippen molar-refractivity contribution in [2.75, 3.05) is 13.2 Å². The van der Waals surface area contributed by atoms with Crippen LogP contribution < -0.4 is 10.3 Å². The van der Waals surface area contributed by atoms with Crippen molar-refractivity contribution >= 4 is 7.82 Å². The quantitative estimate of drug-likeness (QED) is 0.766. The number of hydrogen-bond acceptors (Lipinski definition) is 4. The van der Waals surface area contributed by atoms with Crippen molar-refractivity contribution in [3.05, 3.63) is 29.8 Å². The lowest BCUT2D eigenvalue weighted by Crippen LogP contribution is -2.09. The van der Waals surface area contributed by atoms with Crippen LogP contribution in [0.15, 0.2) is 24.3 Å². The lowest BCUT2D eigenvalue weighted by molar-refractivity contribution is 0.208. The third-order valence-electron chi connectivity index (χ3n) is 2.13. The van der Waals surface area contributed by atoms with Crippen LogP contribution in [0.2, 0.25) is 0 Å². The molecule has 0 saturated carbocycles. The average Bonchev–Trinajstić information content (AvgIpc) is 2.26. The number of benzene rings is 1. The van der Waals surface area contributed by atoms with Crippen LogP contribution in [0, 0.1) is 0 Å². The van der Waals surface area contributed by atoms with Gasteiger partial charge in [-0.3, -0.25) is 9.42 Å². The number of nitrogens with two attached hydrogens (primary N) is 1. The van der Waals surface area contributed by atoms with Crippen LogP contribution in [0.1, 0.15) is 25.3 Å². The molecule has 0 radical (unpaired) electrons. The van der Waals surface area contributed by atoms with Gasteiger partial charge in [0.05, 0.1) is 6.61 Å². The summed E-state index contributed by atoms with van der Waals surface area (Å²) in [6, 6.07) is 7.09. The van der Waals surface area contributed by atoms with Gasteiger partial charge in [-0.05, 0) is 17.5 Å². The summed E-state index contributed by atoms with van der Waals surface area (Å²) < 4.78 is 21.3. The van der Waals surface area contributed by atoms with Gasteiger partial charge >= 0.3 is 7.82 Å². The van der Waals surface area contributed by atoms with E-state index in [1.807, 2.05) is 26.0 Å². The number of hydrogen-bond donors (Lipinski definition) is 2.